The highest BCUT2D eigenvalue weighted by Crippen LogP contribution is 2.33. The Bertz CT molecular complexity index is 1040. The van der Waals surface area contributed by atoms with Gasteiger partial charge in [-0.05, 0) is 65.5 Å². The Morgan fingerprint density at radius 2 is 1.17 bits per heavy atom. The van der Waals surface area contributed by atoms with Crippen molar-refractivity contribution in [3.8, 4) is 0 Å². The molecular weight excluding hydrogens is 458 g/mol. The van der Waals surface area contributed by atoms with Crippen LogP contribution < -0.4 is 4.31 Å². The zero-order chi connectivity index (χ0) is 26.0. The van der Waals surface area contributed by atoms with Crippen LogP contribution in [0.1, 0.15) is 100 Å². The molecule has 0 heterocycles. The highest BCUT2D eigenvalue weighted by atomic mass is 32.2. The molecule has 2 aromatic carbocycles. The van der Waals surface area contributed by atoms with E-state index in [4.69, 9.17) is 0 Å². The number of hydrogen-bond acceptors (Lipinski definition) is 3. The van der Waals surface area contributed by atoms with Gasteiger partial charge in [-0.15, -0.1) is 0 Å². The van der Waals surface area contributed by atoms with E-state index < -0.39 is 16.1 Å². The number of sulfonamides is 1. The molecular formula is C29H43NO4S. The first-order valence-electron chi connectivity index (χ1n) is 13.2. The normalized spacial score (nSPS) is 11.6. The Hall–Kier alpha value is -2.34. The van der Waals surface area contributed by atoms with E-state index >= 15 is 0 Å². The molecule has 0 aliphatic carbocycles. The quantitative estimate of drug-likeness (QED) is 0.291. The fourth-order valence-corrected chi connectivity index (χ4v) is 6.54. The van der Waals surface area contributed by atoms with E-state index in [1.165, 1.54) is 5.56 Å². The summed E-state index contributed by atoms with van der Waals surface area (Å²) in [5.41, 5.74) is 5.95. The van der Waals surface area contributed by atoms with Crippen molar-refractivity contribution in [1.29, 1.82) is 0 Å². The zero-order valence-corrected chi connectivity index (χ0v) is 23.0. The number of hydrogen-bond donors (Lipinski definition) is 1. The van der Waals surface area contributed by atoms with E-state index in [9.17, 15) is 18.3 Å². The number of nitrogens with zero attached hydrogens (tertiary/aromatic N) is 1. The maximum atomic E-state index is 13.9. The Kier molecular flexibility index (Phi) is 11.3. The second-order valence-corrected chi connectivity index (χ2v) is 11.2. The third-order valence-electron chi connectivity index (χ3n) is 6.30. The van der Waals surface area contributed by atoms with Crippen LogP contribution in [-0.2, 0) is 47.9 Å². The van der Waals surface area contributed by atoms with Gasteiger partial charge in [-0.2, -0.15) is 4.31 Å². The molecule has 35 heavy (non-hydrogen) atoms. The molecule has 0 atom stereocenters. The zero-order valence-electron chi connectivity index (χ0n) is 22.2. The van der Waals surface area contributed by atoms with Gasteiger partial charge < -0.3 is 5.11 Å². The maximum Gasteiger partial charge on any atom is 0.425 e. The van der Waals surface area contributed by atoms with Crippen LogP contribution in [0.25, 0.3) is 0 Å². The largest absolute Gasteiger partial charge is 0.464 e. The Balaban J connectivity index is 2.70. The molecule has 0 spiro atoms. The first kappa shape index (κ1) is 28.9. The Labute approximate surface area is 212 Å². The Morgan fingerprint density at radius 3 is 1.57 bits per heavy atom. The summed E-state index contributed by atoms with van der Waals surface area (Å²) < 4.78 is 28.5. The molecule has 0 aliphatic heterocycles. The summed E-state index contributed by atoms with van der Waals surface area (Å²) in [5, 5.41) is 10.2. The molecule has 2 rings (SSSR count). The van der Waals surface area contributed by atoms with E-state index in [0.717, 1.165) is 79.2 Å². The number of benzene rings is 2. The molecule has 0 fully saturated rings. The van der Waals surface area contributed by atoms with E-state index in [1.54, 1.807) is 0 Å². The fourth-order valence-electron chi connectivity index (χ4n) is 4.92. The lowest BCUT2D eigenvalue weighted by Gasteiger charge is -2.26. The third kappa shape index (κ3) is 7.33. The molecule has 2 aromatic rings. The molecule has 0 unspecified atom stereocenters. The summed E-state index contributed by atoms with van der Waals surface area (Å²) >= 11 is 0. The van der Waals surface area contributed by atoms with E-state index in [0.29, 0.717) is 22.8 Å². The van der Waals surface area contributed by atoms with Crippen molar-refractivity contribution in [1.82, 2.24) is 0 Å². The van der Waals surface area contributed by atoms with E-state index in [2.05, 4.69) is 32.9 Å². The number of carboxylic acid groups (broad SMARTS) is 1. The van der Waals surface area contributed by atoms with Gasteiger partial charge in [0.15, 0.2) is 0 Å². The minimum atomic E-state index is -4.18. The van der Waals surface area contributed by atoms with Crippen molar-refractivity contribution in [2.75, 3.05) is 4.31 Å². The predicted molar refractivity (Wildman–Crippen MR) is 146 cm³/mol. The monoisotopic (exact) mass is 501 g/mol. The average molecular weight is 502 g/mol. The van der Waals surface area contributed by atoms with Gasteiger partial charge in [0.25, 0.3) is 0 Å². The number of anilines is 1. The maximum absolute atomic E-state index is 13.9. The lowest BCUT2D eigenvalue weighted by Crippen LogP contribution is -2.38. The van der Waals surface area contributed by atoms with Crippen LogP contribution in [0.5, 0.6) is 0 Å². The minimum absolute atomic E-state index is 0.303. The molecule has 0 saturated carbocycles. The number of amides is 1. The molecule has 1 amide bonds. The SMILES string of the molecule is CCCc1cc(CCC)c(CS(=O)(=O)N(C(=O)O)c2c(CCC)cccc2CCC)c(CCC)c1. The van der Waals surface area contributed by atoms with E-state index in [1.807, 2.05) is 32.0 Å². The highest BCUT2D eigenvalue weighted by Gasteiger charge is 2.34. The predicted octanol–water partition coefficient (Wildman–Crippen LogP) is 7.46. The topological polar surface area (TPSA) is 74.7 Å². The van der Waals surface area contributed by atoms with Gasteiger partial charge in [0.1, 0.15) is 0 Å². The molecule has 0 radical (unpaired) electrons. The lowest BCUT2D eigenvalue weighted by molar-refractivity contribution is 0.206. The first-order chi connectivity index (χ1) is 16.7. The van der Waals surface area contributed by atoms with Gasteiger partial charge in [0, 0.05) is 0 Å². The highest BCUT2D eigenvalue weighted by molar-refractivity contribution is 7.92. The second kappa shape index (κ2) is 13.7. The molecule has 0 aromatic heterocycles. The van der Waals surface area contributed by atoms with Crippen LogP contribution in [-0.4, -0.2) is 19.6 Å². The standard InChI is InChI=1S/C29H43NO4S/c1-6-12-22-19-25(15-9-4)27(26(20-22)16-10-5)21-35(33,34)30(29(31)32)28-23(13-7-2)17-11-18-24(28)14-8-3/h11,17-20H,6-10,12-16,21H2,1-5H3,(H,31,32). The molecule has 0 saturated heterocycles. The smallest absolute Gasteiger partial charge is 0.425 e. The number of carbonyl (C=O) groups is 1. The second-order valence-electron chi connectivity index (χ2n) is 9.37. The van der Waals surface area contributed by atoms with Crippen LogP contribution in [0.3, 0.4) is 0 Å². The van der Waals surface area contributed by atoms with Crippen LogP contribution in [0.15, 0.2) is 30.3 Å². The number of rotatable bonds is 14. The average Bonchev–Trinajstić information content (AvgIpc) is 2.78. The van der Waals surface area contributed by atoms with Gasteiger partial charge in [0.05, 0.1) is 11.4 Å². The van der Waals surface area contributed by atoms with Gasteiger partial charge in [-0.3, -0.25) is 0 Å². The molecule has 6 heteroatoms. The molecule has 194 valence electrons. The molecule has 0 aliphatic rings. The Morgan fingerprint density at radius 1 is 0.743 bits per heavy atom. The van der Waals surface area contributed by atoms with Gasteiger partial charge in [-0.1, -0.05) is 97.1 Å². The van der Waals surface area contributed by atoms with Crippen molar-refractivity contribution >= 4 is 21.8 Å². The summed E-state index contributed by atoms with van der Waals surface area (Å²) in [4.78, 5) is 12.6. The van der Waals surface area contributed by atoms with Gasteiger partial charge >= 0.3 is 6.09 Å². The van der Waals surface area contributed by atoms with Crippen molar-refractivity contribution in [3.05, 3.63) is 63.7 Å². The number of aryl methyl sites for hydroxylation is 5. The summed E-state index contributed by atoms with van der Waals surface area (Å²) in [6, 6.07) is 9.88. The van der Waals surface area contributed by atoms with Crippen molar-refractivity contribution < 1.29 is 18.3 Å². The van der Waals surface area contributed by atoms with Crippen LogP contribution in [0, 0.1) is 0 Å². The molecule has 1 N–H and O–H groups in total. The van der Waals surface area contributed by atoms with Gasteiger partial charge in [-0.25, -0.2) is 13.2 Å². The summed E-state index contributed by atoms with van der Waals surface area (Å²) in [7, 11) is -4.18. The van der Waals surface area contributed by atoms with Gasteiger partial charge in [0.2, 0.25) is 10.0 Å². The number of para-hydroxylation sites is 1. The summed E-state index contributed by atoms with van der Waals surface area (Å²) in [6.45, 7) is 10.4. The summed E-state index contributed by atoms with van der Waals surface area (Å²) in [6.07, 6.45) is 6.74. The van der Waals surface area contributed by atoms with Crippen molar-refractivity contribution in [2.24, 2.45) is 0 Å². The van der Waals surface area contributed by atoms with E-state index in [-0.39, 0.29) is 5.75 Å². The first-order valence-corrected chi connectivity index (χ1v) is 14.8. The lowest BCUT2D eigenvalue weighted by atomic mass is 9.92. The van der Waals surface area contributed by atoms with Crippen LogP contribution >= 0.6 is 0 Å². The minimum Gasteiger partial charge on any atom is -0.464 e. The molecule has 5 nitrogen and oxygen atoms in total. The van der Waals surface area contributed by atoms with Crippen LogP contribution in [0.2, 0.25) is 0 Å². The molecule has 0 bridgehead atoms. The fraction of sp³-hybridized carbons (Fsp3) is 0.552. The third-order valence-corrected chi connectivity index (χ3v) is 7.84. The van der Waals surface area contributed by atoms with Crippen molar-refractivity contribution in [3.63, 3.8) is 0 Å². The van der Waals surface area contributed by atoms with Crippen LogP contribution in [0.4, 0.5) is 10.5 Å². The van der Waals surface area contributed by atoms with Crippen molar-refractivity contribution in [2.45, 2.75) is 105 Å². The summed E-state index contributed by atoms with van der Waals surface area (Å²) in [5.74, 6) is -0.303.